The Morgan fingerprint density at radius 1 is 1.07 bits per heavy atom. The van der Waals surface area contributed by atoms with Gasteiger partial charge in [0, 0.05) is 18.6 Å². The minimum absolute atomic E-state index is 0.180. The Morgan fingerprint density at radius 2 is 1.83 bits per heavy atom. The van der Waals surface area contributed by atoms with Crippen molar-refractivity contribution < 1.29 is 14.2 Å². The van der Waals surface area contributed by atoms with Crippen molar-refractivity contribution in [2.75, 3.05) is 27.4 Å². The quantitative estimate of drug-likeness (QED) is 0.607. The van der Waals surface area contributed by atoms with Gasteiger partial charge in [0.2, 0.25) is 0 Å². The number of hydrogen-bond acceptors (Lipinski definition) is 4. The lowest BCUT2D eigenvalue weighted by atomic mass is 9.68. The van der Waals surface area contributed by atoms with E-state index < -0.39 is 0 Å². The highest BCUT2D eigenvalue weighted by Crippen LogP contribution is 2.41. The van der Waals surface area contributed by atoms with Crippen LogP contribution in [0, 0.1) is 5.92 Å². The summed E-state index contributed by atoms with van der Waals surface area (Å²) in [6.07, 6.45) is 3.61. The maximum atomic E-state index is 6.09. The highest BCUT2D eigenvalue weighted by atomic mass is 16.5. The predicted octanol–water partition coefficient (Wildman–Crippen LogP) is 4.96. The zero-order valence-electron chi connectivity index (χ0n) is 18.2. The van der Waals surface area contributed by atoms with Crippen LogP contribution in [-0.2, 0) is 16.7 Å². The van der Waals surface area contributed by atoms with Crippen molar-refractivity contribution in [1.29, 1.82) is 0 Å². The summed E-state index contributed by atoms with van der Waals surface area (Å²) in [5, 5.41) is 3.64. The molecule has 4 heteroatoms. The van der Waals surface area contributed by atoms with Crippen LogP contribution in [0.1, 0.15) is 44.2 Å². The van der Waals surface area contributed by atoms with Gasteiger partial charge < -0.3 is 19.5 Å². The Morgan fingerprint density at radius 3 is 2.52 bits per heavy atom. The van der Waals surface area contributed by atoms with E-state index in [-0.39, 0.29) is 5.41 Å². The summed E-state index contributed by atoms with van der Waals surface area (Å²) in [5.74, 6) is 2.08. The first-order chi connectivity index (χ1) is 14.1. The average Bonchev–Trinajstić information content (AvgIpc) is 2.77. The molecule has 158 valence electrons. The molecule has 1 aliphatic rings. The van der Waals surface area contributed by atoms with Crippen molar-refractivity contribution in [2.45, 2.75) is 51.2 Å². The maximum Gasteiger partial charge on any atom is 0.161 e. The summed E-state index contributed by atoms with van der Waals surface area (Å²) in [7, 11) is 3.34. The maximum absolute atomic E-state index is 6.09. The molecule has 0 unspecified atom stereocenters. The molecule has 2 atom stereocenters. The third-order valence-corrected chi connectivity index (χ3v) is 6.19. The van der Waals surface area contributed by atoms with E-state index in [0.717, 1.165) is 50.5 Å². The molecular formula is C25H35NO3. The van der Waals surface area contributed by atoms with Crippen molar-refractivity contribution in [3.05, 3.63) is 59.7 Å². The molecule has 4 nitrogen and oxygen atoms in total. The molecule has 0 amide bonds. The van der Waals surface area contributed by atoms with E-state index >= 15 is 0 Å². The smallest absolute Gasteiger partial charge is 0.161 e. The average molecular weight is 398 g/mol. The zero-order valence-corrected chi connectivity index (χ0v) is 18.2. The third kappa shape index (κ3) is 5.31. The van der Waals surface area contributed by atoms with Crippen LogP contribution in [0.15, 0.2) is 48.5 Å². The van der Waals surface area contributed by atoms with Gasteiger partial charge in [0.15, 0.2) is 11.5 Å². The number of nitrogens with one attached hydrogen (secondary N) is 1. The minimum Gasteiger partial charge on any atom is -0.493 e. The molecule has 0 saturated carbocycles. The lowest BCUT2D eigenvalue weighted by Gasteiger charge is -2.43. The minimum atomic E-state index is 0.180. The van der Waals surface area contributed by atoms with Crippen LogP contribution in [0.2, 0.25) is 0 Å². The van der Waals surface area contributed by atoms with Crippen LogP contribution >= 0.6 is 0 Å². The second-order valence-electron chi connectivity index (χ2n) is 8.37. The zero-order chi connectivity index (χ0) is 20.7. The van der Waals surface area contributed by atoms with E-state index in [4.69, 9.17) is 14.2 Å². The summed E-state index contributed by atoms with van der Waals surface area (Å²) in [6, 6.07) is 17.1. The first kappa shape index (κ1) is 21.7. The van der Waals surface area contributed by atoms with Crippen molar-refractivity contribution in [3.8, 4) is 11.5 Å². The van der Waals surface area contributed by atoms with Gasteiger partial charge in [0.25, 0.3) is 0 Å². The molecule has 0 spiro atoms. The van der Waals surface area contributed by atoms with Gasteiger partial charge in [-0.25, -0.2) is 0 Å². The second-order valence-corrected chi connectivity index (χ2v) is 8.37. The standard InChI is InChI=1S/C25H35NO3/c1-19(2)24-17-25(13-15-29-24,21-8-6-5-7-9-21)12-14-26-18-20-10-11-22(27-3)23(16-20)28-4/h5-11,16,19,24,26H,12-15,17-18H2,1-4H3/t24-,25+/m1/s1. The highest BCUT2D eigenvalue weighted by molar-refractivity contribution is 5.42. The fourth-order valence-corrected chi connectivity index (χ4v) is 4.36. The fraction of sp³-hybridized carbons (Fsp3) is 0.520. The van der Waals surface area contributed by atoms with Crippen LogP contribution in [0.3, 0.4) is 0 Å². The molecule has 1 fully saturated rings. The lowest BCUT2D eigenvalue weighted by Crippen LogP contribution is -2.42. The van der Waals surface area contributed by atoms with Crippen LogP contribution in [-0.4, -0.2) is 33.5 Å². The number of rotatable bonds is 9. The molecule has 0 aliphatic carbocycles. The number of benzene rings is 2. The Bertz CT molecular complexity index is 762. The second kappa shape index (κ2) is 10.1. The van der Waals surface area contributed by atoms with E-state index in [9.17, 15) is 0 Å². The van der Waals surface area contributed by atoms with Crippen LogP contribution in [0.25, 0.3) is 0 Å². The van der Waals surface area contributed by atoms with Gasteiger partial charge in [-0.2, -0.15) is 0 Å². The van der Waals surface area contributed by atoms with E-state index in [2.05, 4.69) is 55.6 Å². The van der Waals surface area contributed by atoms with Gasteiger partial charge in [-0.3, -0.25) is 0 Å². The van der Waals surface area contributed by atoms with Crippen molar-refractivity contribution in [2.24, 2.45) is 5.92 Å². The molecule has 1 heterocycles. The summed E-state index contributed by atoms with van der Waals surface area (Å²) in [5.41, 5.74) is 2.82. The molecule has 1 aliphatic heterocycles. The van der Waals surface area contributed by atoms with Gasteiger partial charge in [-0.1, -0.05) is 50.2 Å². The van der Waals surface area contributed by atoms with Gasteiger partial charge in [-0.05, 0) is 55.0 Å². The normalized spacial score (nSPS) is 21.9. The first-order valence-electron chi connectivity index (χ1n) is 10.7. The Kier molecular flexibility index (Phi) is 7.57. The van der Waals surface area contributed by atoms with Crippen molar-refractivity contribution in [3.63, 3.8) is 0 Å². The van der Waals surface area contributed by atoms with E-state index in [0.29, 0.717) is 12.0 Å². The molecule has 0 radical (unpaired) electrons. The Hall–Kier alpha value is -2.04. The molecule has 2 aromatic carbocycles. The molecule has 0 bridgehead atoms. The van der Waals surface area contributed by atoms with Crippen molar-refractivity contribution in [1.82, 2.24) is 5.32 Å². The highest BCUT2D eigenvalue weighted by Gasteiger charge is 2.38. The van der Waals surface area contributed by atoms with Gasteiger partial charge in [-0.15, -0.1) is 0 Å². The summed E-state index contributed by atoms with van der Waals surface area (Å²) in [6.45, 7) is 7.15. The van der Waals surface area contributed by atoms with E-state index in [1.807, 2.05) is 12.1 Å². The number of ether oxygens (including phenoxy) is 3. The number of hydrogen-bond donors (Lipinski definition) is 1. The van der Waals surface area contributed by atoms with E-state index in [1.54, 1.807) is 14.2 Å². The molecular weight excluding hydrogens is 362 g/mol. The lowest BCUT2D eigenvalue weighted by molar-refractivity contribution is -0.0469. The Balaban J connectivity index is 1.65. The molecule has 29 heavy (non-hydrogen) atoms. The molecule has 0 aromatic heterocycles. The van der Waals surface area contributed by atoms with Crippen LogP contribution in [0.4, 0.5) is 0 Å². The van der Waals surface area contributed by atoms with Crippen LogP contribution < -0.4 is 14.8 Å². The van der Waals surface area contributed by atoms with E-state index in [1.165, 1.54) is 11.1 Å². The fourth-order valence-electron chi connectivity index (χ4n) is 4.36. The molecule has 1 N–H and O–H groups in total. The predicted molar refractivity (Wildman–Crippen MR) is 118 cm³/mol. The largest absolute Gasteiger partial charge is 0.493 e. The first-order valence-corrected chi connectivity index (χ1v) is 10.7. The molecule has 3 rings (SSSR count). The molecule has 1 saturated heterocycles. The third-order valence-electron chi connectivity index (χ3n) is 6.19. The summed E-state index contributed by atoms with van der Waals surface area (Å²) in [4.78, 5) is 0. The van der Waals surface area contributed by atoms with Gasteiger partial charge in [0.05, 0.1) is 20.3 Å². The van der Waals surface area contributed by atoms with Gasteiger partial charge in [0.1, 0.15) is 0 Å². The van der Waals surface area contributed by atoms with Crippen LogP contribution in [0.5, 0.6) is 11.5 Å². The molecule has 2 aromatic rings. The number of methoxy groups -OCH3 is 2. The Labute approximate surface area is 175 Å². The SMILES string of the molecule is COc1ccc(CNCC[C@]2(c3ccccc3)CCO[C@@H](C(C)C)C2)cc1OC. The van der Waals surface area contributed by atoms with Crippen molar-refractivity contribution >= 4 is 0 Å². The monoisotopic (exact) mass is 397 g/mol. The topological polar surface area (TPSA) is 39.7 Å². The summed E-state index contributed by atoms with van der Waals surface area (Å²) < 4.78 is 16.8. The summed E-state index contributed by atoms with van der Waals surface area (Å²) >= 11 is 0. The van der Waals surface area contributed by atoms with Gasteiger partial charge >= 0.3 is 0 Å².